The summed E-state index contributed by atoms with van der Waals surface area (Å²) in [6.07, 6.45) is 1.85. The summed E-state index contributed by atoms with van der Waals surface area (Å²) in [5.41, 5.74) is 0.341. The van der Waals surface area contributed by atoms with Crippen LogP contribution in [0.3, 0.4) is 0 Å². The van der Waals surface area contributed by atoms with Gasteiger partial charge in [-0.15, -0.1) is 0 Å². The van der Waals surface area contributed by atoms with E-state index in [1.807, 2.05) is 6.92 Å². The Bertz CT molecular complexity index is 462. The number of rotatable bonds is 7. The predicted octanol–water partition coefficient (Wildman–Crippen LogP) is 2.45. The van der Waals surface area contributed by atoms with Crippen molar-refractivity contribution in [3.63, 3.8) is 0 Å². The van der Waals surface area contributed by atoms with Gasteiger partial charge in [0.05, 0.1) is 4.92 Å². The summed E-state index contributed by atoms with van der Waals surface area (Å²) in [5, 5.41) is 20.0. The van der Waals surface area contributed by atoms with E-state index in [4.69, 9.17) is 0 Å². The zero-order chi connectivity index (χ0) is 14.4. The second-order valence-electron chi connectivity index (χ2n) is 4.43. The number of nitro benzene ring substituents is 1. The minimum absolute atomic E-state index is 0.0901. The van der Waals surface area contributed by atoms with E-state index in [9.17, 15) is 20.0 Å². The molecule has 1 aromatic rings. The van der Waals surface area contributed by atoms with Crippen molar-refractivity contribution in [3.05, 3.63) is 39.9 Å². The van der Waals surface area contributed by atoms with Gasteiger partial charge in [-0.1, -0.05) is 25.5 Å². The van der Waals surface area contributed by atoms with Crippen molar-refractivity contribution in [2.24, 2.45) is 0 Å². The van der Waals surface area contributed by atoms with Crippen LogP contribution in [0.4, 0.5) is 5.69 Å². The minimum Gasteiger partial charge on any atom is -0.480 e. The molecule has 1 rings (SSSR count). The first-order valence-electron chi connectivity index (χ1n) is 6.14. The van der Waals surface area contributed by atoms with Gasteiger partial charge in [0, 0.05) is 12.1 Å². The first-order chi connectivity index (χ1) is 8.97. The van der Waals surface area contributed by atoms with E-state index in [-0.39, 0.29) is 5.69 Å². The Morgan fingerprint density at radius 1 is 1.53 bits per heavy atom. The first kappa shape index (κ1) is 15.1. The lowest BCUT2D eigenvalue weighted by molar-refractivity contribution is -0.384. The van der Waals surface area contributed by atoms with E-state index < -0.39 is 16.9 Å². The molecule has 0 heterocycles. The highest BCUT2D eigenvalue weighted by Gasteiger charge is 2.25. The second-order valence-corrected chi connectivity index (χ2v) is 4.43. The van der Waals surface area contributed by atoms with Gasteiger partial charge in [-0.3, -0.25) is 19.8 Å². The van der Waals surface area contributed by atoms with Gasteiger partial charge < -0.3 is 5.11 Å². The van der Waals surface area contributed by atoms with Crippen molar-refractivity contribution < 1.29 is 14.8 Å². The summed E-state index contributed by atoms with van der Waals surface area (Å²) in [5.74, 6) is -1.00. The molecule has 0 saturated heterocycles. The van der Waals surface area contributed by atoms with Crippen LogP contribution in [0.1, 0.15) is 31.4 Å². The van der Waals surface area contributed by atoms with Crippen LogP contribution >= 0.6 is 0 Å². The molecule has 0 aromatic heterocycles. The topological polar surface area (TPSA) is 83.7 Å². The van der Waals surface area contributed by atoms with Gasteiger partial charge in [0.2, 0.25) is 0 Å². The monoisotopic (exact) mass is 266 g/mol. The zero-order valence-corrected chi connectivity index (χ0v) is 11.1. The number of hydrogen-bond donors (Lipinski definition) is 1. The largest absolute Gasteiger partial charge is 0.480 e. The molecule has 1 aromatic carbocycles. The number of carboxylic acid groups (broad SMARTS) is 1. The number of nitrogens with zero attached hydrogens (tertiary/aromatic N) is 2. The molecule has 1 N–H and O–H groups in total. The van der Waals surface area contributed by atoms with Gasteiger partial charge >= 0.3 is 5.97 Å². The van der Waals surface area contributed by atoms with E-state index in [1.165, 1.54) is 18.2 Å². The molecule has 6 nitrogen and oxygen atoms in total. The molecular formula is C13H18N2O4. The Kier molecular flexibility index (Phi) is 5.44. The van der Waals surface area contributed by atoms with Crippen molar-refractivity contribution in [1.29, 1.82) is 0 Å². The first-order valence-corrected chi connectivity index (χ1v) is 6.14. The average Bonchev–Trinajstić information content (AvgIpc) is 2.36. The highest BCUT2D eigenvalue weighted by atomic mass is 16.6. The molecule has 19 heavy (non-hydrogen) atoms. The molecule has 0 bridgehead atoms. The quantitative estimate of drug-likeness (QED) is 0.605. The summed E-state index contributed by atoms with van der Waals surface area (Å²) >= 11 is 0. The Hall–Kier alpha value is -1.95. The van der Waals surface area contributed by atoms with Crippen molar-refractivity contribution in [3.8, 4) is 0 Å². The Balaban J connectivity index is 3.02. The molecule has 0 aliphatic heterocycles. The van der Waals surface area contributed by atoms with E-state index in [0.29, 0.717) is 12.1 Å². The molecule has 0 spiro atoms. The predicted molar refractivity (Wildman–Crippen MR) is 71.0 cm³/mol. The van der Waals surface area contributed by atoms with Crippen molar-refractivity contribution >= 4 is 11.7 Å². The maximum atomic E-state index is 11.4. The van der Waals surface area contributed by atoms with Crippen molar-refractivity contribution in [1.82, 2.24) is 4.90 Å². The van der Waals surface area contributed by atoms with Crippen molar-refractivity contribution in [2.75, 3.05) is 13.6 Å². The Morgan fingerprint density at radius 3 is 2.74 bits per heavy atom. The normalized spacial score (nSPS) is 12.4. The van der Waals surface area contributed by atoms with Gasteiger partial charge in [-0.25, -0.2) is 0 Å². The molecule has 0 aliphatic rings. The third kappa shape index (κ3) is 4.03. The number of hydrogen-bond acceptors (Lipinski definition) is 4. The summed E-state index contributed by atoms with van der Waals surface area (Å²) in [6, 6.07) is 4.94. The van der Waals surface area contributed by atoms with Gasteiger partial charge in [-0.2, -0.15) is 0 Å². The maximum absolute atomic E-state index is 11.4. The van der Waals surface area contributed by atoms with Crippen LogP contribution in [0, 0.1) is 10.1 Å². The number of non-ortho nitro benzene ring substituents is 1. The number of carbonyl (C=O) groups is 1. The number of likely N-dealkylation sites (N-methyl/N-ethyl adjacent to an activating group) is 1. The Labute approximate surface area is 111 Å². The standard InChI is InChI=1S/C13H18N2O4/c1-3-4-8-14(2)12(13(16)17)10-6-5-7-11(9-10)15(18)19/h5-7,9,12H,3-4,8H2,1-2H3,(H,16,17). The van der Waals surface area contributed by atoms with Crippen molar-refractivity contribution in [2.45, 2.75) is 25.8 Å². The lowest BCUT2D eigenvalue weighted by Gasteiger charge is -2.24. The van der Waals surface area contributed by atoms with Crippen LogP contribution in [0.5, 0.6) is 0 Å². The molecular weight excluding hydrogens is 248 g/mol. The number of benzene rings is 1. The van der Waals surface area contributed by atoms with Crippen LogP contribution in [0.25, 0.3) is 0 Å². The van der Waals surface area contributed by atoms with Gasteiger partial charge in [0.1, 0.15) is 6.04 Å². The lowest BCUT2D eigenvalue weighted by Crippen LogP contribution is -2.31. The molecule has 6 heteroatoms. The van der Waals surface area contributed by atoms with E-state index in [2.05, 4.69) is 0 Å². The fourth-order valence-corrected chi connectivity index (χ4v) is 1.93. The SMILES string of the molecule is CCCCN(C)C(C(=O)O)c1cccc([N+](=O)[O-])c1. The summed E-state index contributed by atoms with van der Waals surface area (Å²) in [4.78, 5) is 23.3. The molecule has 0 fully saturated rings. The fourth-order valence-electron chi connectivity index (χ4n) is 1.93. The number of carboxylic acids is 1. The van der Waals surface area contributed by atoms with Gasteiger partial charge in [0.25, 0.3) is 5.69 Å². The molecule has 104 valence electrons. The molecule has 0 amide bonds. The molecule has 0 aliphatic carbocycles. The number of unbranched alkanes of at least 4 members (excludes halogenated alkanes) is 1. The average molecular weight is 266 g/mol. The van der Waals surface area contributed by atoms with Crippen LogP contribution in [-0.4, -0.2) is 34.5 Å². The lowest BCUT2D eigenvalue weighted by atomic mass is 10.0. The third-order valence-electron chi connectivity index (χ3n) is 2.94. The van der Waals surface area contributed by atoms with E-state index >= 15 is 0 Å². The number of aliphatic carboxylic acids is 1. The van der Waals surface area contributed by atoms with Gasteiger partial charge in [-0.05, 0) is 25.6 Å². The number of nitro groups is 1. The summed E-state index contributed by atoms with van der Waals surface area (Å²) < 4.78 is 0. The van der Waals surface area contributed by atoms with Gasteiger partial charge in [0.15, 0.2) is 0 Å². The highest BCUT2D eigenvalue weighted by molar-refractivity contribution is 5.75. The Morgan fingerprint density at radius 2 is 2.21 bits per heavy atom. The summed E-state index contributed by atoms with van der Waals surface area (Å²) in [6.45, 7) is 2.66. The van der Waals surface area contributed by atoms with Crippen LogP contribution in [-0.2, 0) is 4.79 Å². The highest BCUT2D eigenvalue weighted by Crippen LogP contribution is 2.24. The maximum Gasteiger partial charge on any atom is 0.325 e. The molecule has 0 saturated carbocycles. The van der Waals surface area contributed by atoms with E-state index in [1.54, 1.807) is 18.0 Å². The molecule has 0 radical (unpaired) electrons. The van der Waals surface area contributed by atoms with Crippen LogP contribution in [0.2, 0.25) is 0 Å². The van der Waals surface area contributed by atoms with Crippen LogP contribution < -0.4 is 0 Å². The second kappa shape index (κ2) is 6.84. The molecule has 1 atom stereocenters. The van der Waals surface area contributed by atoms with E-state index in [0.717, 1.165) is 12.8 Å². The minimum atomic E-state index is -1.00. The third-order valence-corrected chi connectivity index (χ3v) is 2.94. The fraction of sp³-hybridized carbons (Fsp3) is 0.462. The summed E-state index contributed by atoms with van der Waals surface area (Å²) in [7, 11) is 1.72. The van der Waals surface area contributed by atoms with Crippen LogP contribution in [0.15, 0.2) is 24.3 Å². The zero-order valence-electron chi connectivity index (χ0n) is 11.1. The smallest absolute Gasteiger partial charge is 0.325 e. The molecule has 1 unspecified atom stereocenters.